The van der Waals surface area contributed by atoms with Gasteiger partial charge < -0.3 is 11.1 Å². The summed E-state index contributed by atoms with van der Waals surface area (Å²) in [6.07, 6.45) is -2.03. The Bertz CT molecular complexity index is 373. The molecule has 1 aliphatic carbocycles. The number of nitrogen functional groups attached to an aromatic ring is 1. The van der Waals surface area contributed by atoms with Gasteiger partial charge in [0.25, 0.3) is 0 Å². The molecule has 0 radical (unpaired) electrons. The summed E-state index contributed by atoms with van der Waals surface area (Å²) in [5.74, 6) is -0.386. The molecule has 82 valence electrons. The van der Waals surface area contributed by atoms with E-state index >= 15 is 0 Å². The maximum absolute atomic E-state index is 12.5. The second-order valence-electron chi connectivity index (χ2n) is 3.41. The largest absolute Gasteiger partial charge is 0.421 e. The molecule has 3 N–H and O–H groups in total. The Balaban J connectivity index is 2.34. The smallest absolute Gasteiger partial charge is 0.368 e. The highest BCUT2D eigenvalue weighted by molar-refractivity contribution is 5.49. The van der Waals surface area contributed by atoms with Crippen molar-refractivity contribution in [3.63, 3.8) is 0 Å². The van der Waals surface area contributed by atoms with E-state index in [4.69, 9.17) is 5.73 Å². The molecule has 1 aromatic rings. The zero-order chi connectivity index (χ0) is 11.1. The molecule has 0 saturated heterocycles. The number of nitrogens with one attached hydrogen (secondary N) is 1. The second-order valence-corrected chi connectivity index (χ2v) is 3.41. The van der Waals surface area contributed by atoms with E-state index in [1.165, 1.54) is 0 Å². The Morgan fingerprint density at radius 3 is 2.60 bits per heavy atom. The van der Waals surface area contributed by atoms with Gasteiger partial charge in [-0.2, -0.15) is 18.2 Å². The van der Waals surface area contributed by atoms with Crippen molar-refractivity contribution in [1.82, 2.24) is 9.97 Å². The van der Waals surface area contributed by atoms with Crippen molar-refractivity contribution < 1.29 is 13.2 Å². The fourth-order valence-electron chi connectivity index (χ4n) is 1.13. The highest BCUT2D eigenvalue weighted by atomic mass is 19.4. The molecule has 1 heterocycles. The van der Waals surface area contributed by atoms with Gasteiger partial charge >= 0.3 is 6.18 Å². The molecule has 15 heavy (non-hydrogen) atoms. The molecule has 0 aromatic carbocycles. The summed E-state index contributed by atoms with van der Waals surface area (Å²) in [7, 11) is 0. The lowest BCUT2D eigenvalue weighted by molar-refractivity contribution is -0.137. The zero-order valence-corrected chi connectivity index (χ0v) is 7.67. The third-order valence-electron chi connectivity index (χ3n) is 2.03. The lowest BCUT2D eigenvalue weighted by Crippen LogP contribution is -2.15. The molecule has 1 aromatic heterocycles. The third kappa shape index (κ3) is 2.28. The van der Waals surface area contributed by atoms with Crippen molar-refractivity contribution in [2.75, 3.05) is 11.1 Å². The number of nitrogens with two attached hydrogens (primary N) is 1. The number of aromatic nitrogens is 2. The molecule has 0 unspecified atom stereocenters. The van der Waals surface area contributed by atoms with Crippen molar-refractivity contribution in [3.8, 4) is 0 Å². The van der Waals surface area contributed by atoms with E-state index < -0.39 is 11.7 Å². The lowest BCUT2D eigenvalue weighted by atomic mass is 10.3. The summed E-state index contributed by atoms with van der Waals surface area (Å²) in [6, 6.07) is 0.0837. The standard InChI is InChI=1S/C8H9F3N4/c9-8(10,11)5-3-13-7(12)15-6(5)14-4-1-2-4/h3-4H,1-2H2,(H3,12,13,14,15). The summed E-state index contributed by atoms with van der Waals surface area (Å²) < 4.78 is 37.5. The quantitative estimate of drug-likeness (QED) is 0.792. The number of anilines is 2. The van der Waals surface area contributed by atoms with Crippen LogP contribution >= 0.6 is 0 Å². The minimum absolute atomic E-state index is 0.0837. The molecule has 0 aliphatic heterocycles. The van der Waals surface area contributed by atoms with Crippen LogP contribution in [-0.4, -0.2) is 16.0 Å². The summed E-state index contributed by atoms with van der Waals surface area (Å²) in [5.41, 5.74) is 4.37. The van der Waals surface area contributed by atoms with Crippen LogP contribution in [0, 0.1) is 0 Å². The first-order valence-electron chi connectivity index (χ1n) is 4.43. The van der Waals surface area contributed by atoms with Crippen LogP contribution in [0.15, 0.2) is 6.20 Å². The Kier molecular flexibility index (Phi) is 2.17. The fourth-order valence-corrected chi connectivity index (χ4v) is 1.13. The highest BCUT2D eigenvalue weighted by Crippen LogP contribution is 2.35. The summed E-state index contributed by atoms with van der Waals surface area (Å²) in [4.78, 5) is 6.90. The van der Waals surface area contributed by atoms with Gasteiger partial charge in [-0.1, -0.05) is 0 Å². The molecule has 7 heteroatoms. The van der Waals surface area contributed by atoms with E-state index in [9.17, 15) is 13.2 Å². The van der Waals surface area contributed by atoms with E-state index in [1.54, 1.807) is 0 Å². The molecule has 0 atom stereocenters. The van der Waals surface area contributed by atoms with Crippen LogP contribution in [0.25, 0.3) is 0 Å². The van der Waals surface area contributed by atoms with Crippen molar-refractivity contribution in [2.24, 2.45) is 0 Å². The van der Waals surface area contributed by atoms with Crippen LogP contribution < -0.4 is 11.1 Å². The number of hydrogen-bond acceptors (Lipinski definition) is 4. The second kappa shape index (κ2) is 3.25. The first-order chi connectivity index (χ1) is 6.97. The molecule has 1 saturated carbocycles. The van der Waals surface area contributed by atoms with Crippen LogP contribution in [0.4, 0.5) is 24.9 Å². The van der Waals surface area contributed by atoms with Gasteiger partial charge in [-0.3, -0.25) is 0 Å². The summed E-state index contributed by atoms with van der Waals surface area (Å²) in [5, 5.41) is 2.68. The van der Waals surface area contributed by atoms with E-state index in [0.29, 0.717) is 6.20 Å². The van der Waals surface area contributed by atoms with Gasteiger partial charge in [0.05, 0.1) is 0 Å². The summed E-state index contributed by atoms with van der Waals surface area (Å²) >= 11 is 0. The minimum Gasteiger partial charge on any atom is -0.368 e. The predicted molar refractivity (Wildman–Crippen MR) is 48.1 cm³/mol. The van der Waals surface area contributed by atoms with Crippen LogP contribution in [0.2, 0.25) is 0 Å². The fraction of sp³-hybridized carbons (Fsp3) is 0.500. The Labute approximate surface area is 83.7 Å². The Morgan fingerprint density at radius 1 is 1.40 bits per heavy atom. The van der Waals surface area contributed by atoms with Gasteiger partial charge in [-0.25, -0.2) is 4.98 Å². The Hall–Kier alpha value is -1.53. The van der Waals surface area contributed by atoms with Gasteiger partial charge in [0.2, 0.25) is 5.95 Å². The highest BCUT2D eigenvalue weighted by Gasteiger charge is 2.36. The Morgan fingerprint density at radius 2 is 2.07 bits per heavy atom. The molecular formula is C8H9F3N4. The molecule has 0 spiro atoms. The van der Waals surface area contributed by atoms with Gasteiger partial charge in [-0.15, -0.1) is 0 Å². The number of halogens is 3. The first kappa shape index (κ1) is 10.0. The van der Waals surface area contributed by atoms with Crippen LogP contribution in [0.1, 0.15) is 18.4 Å². The van der Waals surface area contributed by atoms with Gasteiger partial charge in [0.15, 0.2) is 0 Å². The molecule has 0 amide bonds. The molecule has 1 fully saturated rings. The molecule has 1 aliphatic rings. The molecule has 0 bridgehead atoms. The summed E-state index contributed by atoms with van der Waals surface area (Å²) in [6.45, 7) is 0. The van der Waals surface area contributed by atoms with E-state index in [1.807, 2.05) is 0 Å². The van der Waals surface area contributed by atoms with Gasteiger partial charge in [0, 0.05) is 12.2 Å². The monoisotopic (exact) mass is 218 g/mol. The van der Waals surface area contributed by atoms with Crippen LogP contribution in [0.5, 0.6) is 0 Å². The third-order valence-corrected chi connectivity index (χ3v) is 2.03. The van der Waals surface area contributed by atoms with E-state index in [-0.39, 0.29) is 17.8 Å². The van der Waals surface area contributed by atoms with Crippen molar-refractivity contribution >= 4 is 11.8 Å². The average Bonchev–Trinajstić information content (AvgIpc) is 2.85. The van der Waals surface area contributed by atoms with Crippen molar-refractivity contribution in [2.45, 2.75) is 25.1 Å². The van der Waals surface area contributed by atoms with Crippen molar-refractivity contribution in [1.29, 1.82) is 0 Å². The number of alkyl halides is 3. The van der Waals surface area contributed by atoms with Gasteiger partial charge in [-0.05, 0) is 12.8 Å². The van der Waals surface area contributed by atoms with Crippen molar-refractivity contribution in [3.05, 3.63) is 11.8 Å². The maximum Gasteiger partial charge on any atom is 0.421 e. The molecule has 4 nitrogen and oxygen atoms in total. The molecular weight excluding hydrogens is 209 g/mol. The van der Waals surface area contributed by atoms with Gasteiger partial charge in [0.1, 0.15) is 11.4 Å². The first-order valence-corrected chi connectivity index (χ1v) is 4.43. The number of rotatable bonds is 2. The normalized spacial score (nSPS) is 16.5. The molecule has 2 rings (SSSR count). The lowest BCUT2D eigenvalue weighted by Gasteiger charge is -2.12. The maximum atomic E-state index is 12.5. The number of hydrogen-bond donors (Lipinski definition) is 2. The van der Waals surface area contributed by atoms with Crippen LogP contribution in [-0.2, 0) is 6.18 Å². The number of nitrogens with zero attached hydrogens (tertiary/aromatic N) is 2. The zero-order valence-electron chi connectivity index (χ0n) is 7.67. The average molecular weight is 218 g/mol. The minimum atomic E-state index is -4.45. The van der Waals surface area contributed by atoms with E-state index in [2.05, 4.69) is 15.3 Å². The SMILES string of the molecule is Nc1ncc(C(F)(F)F)c(NC2CC2)n1. The topological polar surface area (TPSA) is 63.8 Å². The van der Waals surface area contributed by atoms with E-state index in [0.717, 1.165) is 12.8 Å². The van der Waals surface area contributed by atoms with Crippen LogP contribution in [0.3, 0.4) is 0 Å². The predicted octanol–water partition coefficient (Wildman–Crippen LogP) is 1.65.